The Labute approximate surface area is 146 Å². The molecule has 130 valence electrons. The van der Waals surface area contributed by atoms with Gasteiger partial charge in [-0.25, -0.2) is 9.97 Å². The number of nitrogens with zero attached hydrogens (tertiary/aromatic N) is 4. The first-order chi connectivity index (χ1) is 12.3. The van der Waals surface area contributed by atoms with E-state index < -0.39 is 0 Å². The van der Waals surface area contributed by atoms with Gasteiger partial charge < -0.3 is 19.9 Å². The summed E-state index contributed by atoms with van der Waals surface area (Å²) >= 11 is 0. The standard InChI is InChI=1S/C18H21N5O2/c24-18(23-11-15(12-23)21-17-5-6-19-13-20-17)14-1-3-16(4-2-14)22-7-9-25-10-8-22/h1-6,13,15H,7-12H2,(H,19,20,21). The number of hydrogen-bond acceptors (Lipinski definition) is 6. The van der Waals surface area contributed by atoms with Crippen molar-refractivity contribution in [3.63, 3.8) is 0 Å². The molecule has 0 radical (unpaired) electrons. The molecule has 7 heteroatoms. The number of morpholine rings is 1. The van der Waals surface area contributed by atoms with Crippen LogP contribution in [0.25, 0.3) is 0 Å². The second-order valence-electron chi connectivity index (χ2n) is 6.29. The molecule has 2 aliphatic heterocycles. The monoisotopic (exact) mass is 339 g/mol. The van der Waals surface area contributed by atoms with Gasteiger partial charge in [0.05, 0.1) is 19.3 Å². The lowest BCUT2D eigenvalue weighted by Crippen LogP contribution is -2.57. The summed E-state index contributed by atoms with van der Waals surface area (Å²) in [6.07, 6.45) is 3.22. The van der Waals surface area contributed by atoms with Crippen molar-refractivity contribution < 1.29 is 9.53 Å². The molecule has 1 amide bonds. The quantitative estimate of drug-likeness (QED) is 0.904. The molecule has 25 heavy (non-hydrogen) atoms. The van der Waals surface area contributed by atoms with Crippen LogP contribution in [0.4, 0.5) is 11.5 Å². The summed E-state index contributed by atoms with van der Waals surface area (Å²) in [4.78, 5) is 24.7. The number of ether oxygens (including phenoxy) is 1. The van der Waals surface area contributed by atoms with Crippen LogP contribution in [0.3, 0.4) is 0 Å². The number of nitrogens with one attached hydrogen (secondary N) is 1. The minimum absolute atomic E-state index is 0.0780. The second kappa shape index (κ2) is 7.06. The molecule has 4 rings (SSSR count). The molecule has 2 fully saturated rings. The highest BCUT2D eigenvalue weighted by atomic mass is 16.5. The van der Waals surface area contributed by atoms with Crippen molar-refractivity contribution in [2.75, 3.05) is 49.6 Å². The van der Waals surface area contributed by atoms with Gasteiger partial charge in [-0.15, -0.1) is 0 Å². The minimum atomic E-state index is 0.0780. The molecule has 1 aromatic carbocycles. The van der Waals surface area contributed by atoms with E-state index in [9.17, 15) is 4.79 Å². The summed E-state index contributed by atoms with van der Waals surface area (Å²) in [5, 5.41) is 3.30. The fourth-order valence-corrected chi connectivity index (χ4v) is 3.14. The van der Waals surface area contributed by atoms with Crippen LogP contribution in [0.2, 0.25) is 0 Å². The van der Waals surface area contributed by atoms with Gasteiger partial charge >= 0.3 is 0 Å². The fourth-order valence-electron chi connectivity index (χ4n) is 3.14. The molecule has 0 atom stereocenters. The Kier molecular flexibility index (Phi) is 4.47. The summed E-state index contributed by atoms with van der Waals surface area (Å²) in [5.74, 6) is 0.872. The van der Waals surface area contributed by atoms with E-state index in [0.717, 1.165) is 43.4 Å². The molecule has 0 saturated carbocycles. The number of rotatable bonds is 4. The Bertz CT molecular complexity index is 710. The number of hydrogen-bond donors (Lipinski definition) is 1. The molecular weight excluding hydrogens is 318 g/mol. The lowest BCUT2D eigenvalue weighted by molar-refractivity contribution is 0.0625. The van der Waals surface area contributed by atoms with Gasteiger partial charge in [0.1, 0.15) is 12.1 Å². The normalized spacial score (nSPS) is 17.9. The average molecular weight is 339 g/mol. The Morgan fingerprint density at radius 2 is 1.88 bits per heavy atom. The van der Waals surface area contributed by atoms with Crippen LogP contribution in [-0.2, 0) is 4.74 Å². The van der Waals surface area contributed by atoms with E-state index >= 15 is 0 Å². The summed E-state index contributed by atoms with van der Waals surface area (Å²) in [6.45, 7) is 4.69. The third-order valence-corrected chi connectivity index (χ3v) is 4.59. The van der Waals surface area contributed by atoms with Crippen molar-refractivity contribution in [2.24, 2.45) is 0 Å². The van der Waals surface area contributed by atoms with E-state index in [1.807, 2.05) is 35.2 Å². The first-order valence-electron chi connectivity index (χ1n) is 8.54. The maximum Gasteiger partial charge on any atom is 0.253 e. The van der Waals surface area contributed by atoms with Crippen LogP contribution in [0.1, 0.15) is 10.4 Å². The van der Waals surface area contributed by atoms with Gasteiger partial charge in [0.2, 0.25) is 0 Å². The van der Waals surface area contributed by atoms with Crippen LogP contribution in [-0.4, -0.2) is 66.2 Å². The van der Waals surface area contributed by atoms with Crippen molar-refractivity contribution >= 4 is 17.4 Å². The van der Waals surface area contributed by atoms with E-state index in [0.29, 0.717) is 13.1 Å². The molecule has 1 N–H and O–H groups in total. The minimum Gasteiger partial charge on any atom is -0.378 e. The summed E-state index contributed by atoms with van der Waals surface area (Å²) in [7, 11) is 0. The summed E-state index contributed by atoms with van der Waals surface area (Å²) in [6, 6.07) is 9.95. The first-order valence-corrected chi connectivity index (χ1v) is 8.54. The SMILES string of the molecule is O=C(c1ccc(N2CCOCC2)cc1)N1CC(Nc2ccncn2)C1. The van der Waals surface area contributed by atoms with Gasteiger partial charge in [-0.3, -0.25) is 4.79 Å². The number of likely N-dealkylation sites (tertiary alicyclic amines) is 1. The van der Waals surface area contributed by atoms with Crippen molar-refractivity contribution in [3.05, 3.63) is 48.4 Å². The highest BCUT2D eigenvalue weighted by Gasteiger charge is 2.31. The number of aromatic nitrogens is 2. The highest BCUT2D eigenvalue weighted by Crippen LogP contribution is 2.20. The summed E-state index contributed by atoms with van der Waals surface area (Å²) in [5.41, 5.74) is 1.88. The second-order valence-corrected chi connectivity index (χ2v) is 6.29. The number of benzene rings is 1. The van der Waals surface area contributed by atoms with E-state index in [1.165, 1.54) is 6.33 Å². The fraction of sp³-hybridized carbons (Fsp3) is 0.389. The van der Waals surface area contributed by atoms with E-state index in [2.05, 4.69) is 20.2 Å². The zero-order chi connectivity index (χ0) is 17.1. The van der Waals surface area contributed by atoms with Gasteiger partial charge in [0.15, 0.2) is 0 Å². The molecule has 2 aliphatic rings. The molecular formula is C18H21N5O2. The molecule has 1 aromatic heterocycles. The number of carbonyl (C=O) groups is 1. The maximum atomic E-state index is 12.6. The highest BCUT2D eigenvalue weighted by molar-refractivity contribution is 5.95. The molecule has 0 aliphatic carbocycles. The largest absolute Gasteiger partial charge is 0.378 e. The zero-order valence-corrected chi connectivity index (χ0v) is 14.0. The van der Waals surface area contributed by atoms with Gasteiger partial charge in [0.25, 0.3) is 5.91 Å². The predicted molar refractivity (Wildman–Crippen MR) is 94.8 cm³/mol. The zero-order valence-electron chi connectivity index (χ0n) is 14.0. The molecule has 0 spiro atoms. The van der Waals surface area contributed by atoms with Gasteiger partial charge in [-0.1, -0.05) is 0 Å². The van der Waals surface area contributed by atoms with Crippen LogP contribution in [0.15, 0.2) is 42.9 Å². The molecule has 2 aromatic rings. The molecule has 7 nitrogen and oxygen atoms in total. The first kappa shape index (κ1) is 15.8. The van der Waals surface area contributed by atoms with E-state index in [1.54, 1.807) is 6.20 Å². The van der Waals surface area contributed by atoms with Crippen LogP contribution in [0.5, 0.6) is 0 Å². The lowest BCUT2D eigenvalue weighted by Gasteiger charge is -2.39. The Hall–Kier alpha value is -2.67. The maximum absolute atomic E-state index is 12.6. The Morgan fingerprint density at radius 1 is 1.12 bits per heavy atom. The van der Waals surface area contributed by atoms with Crippen molar-refractivity contribution in [3.8, 4) is 0 Å². The van der Waals surface area contributed by atoms with Crippen LogP contribution >= 0.6 is 0 Å². The van der Waals surface area contributed by atoms with Crippen molar-refractivity contribution in [1.29, 1.82) is 0 Å². The number of amides is 1. The molecule has 0 bridgehead atoms. The average Bonchev–Trinajstić information content (AvgIpc) is 2.65. The third-order valence-electron chi connectivity index (χ3n) is 4.59. The van der Waals surface area contributed by atoms with Crippen molar-refractivity contribution in [1.82, 2.24) is 14.9 Å². The van der Waals surface area contributed by atoms with Crippen molar-refractivity contribution in [2.45, 2.75) is 6.04 Å². The smallest absolute Gasteiger partial charge is 0.253 e. The van der Waals surface area contributed by atoms with Gasteiger partial charge in [0, 0.05) is 43.6 Å². The van der Waals surface area contributed by atoms with Crippen LogP contribution < -0.4 is 10.2 Å². The van der Waals surface area contributed by atoms with Gasteiger partial charge in [-0.05, 0) is 30.3 Å². The lowest BCUT2D eigenvalue weighted by atomic mass is 10.1. The Morgan fingerprint density at radius 3 is 2.56 bits per heavy atom. The molecule has 2 saturated heterocycles. The number of anilines is 2. The van der Waals surface area contributed by atoms with Gasteiger partial charge in [-0.2, -0.15) is 0 Å². The third kappa shape index (κ3) is 3.56. The van der Waals surface area contributed by atoms with E-state index in [4.69, 9.17) is 4.74 Å². The summed E-state index contributed by atoms with van der Waals surface area (Å²) < 4.78 is 5.37. The van der Waals surface area contributed by atoms with Crippen LogP contribution in [0, 0.1) is 0 Å². The predicted octanol–water partition coefficient (Wildman–Crippen LogP) is 1.25. The Balaban J connectivity index is 1.31. The molecule has 0 unspecified atom stereocenters. The topological polar surface area (TPSA) is 70.6 Å². The number of carbonyl (C=O) groups excluding carboxylic acids is 1. The molecule has 3 heterocycles. The van der Waals surface area contributed by atoms with E-state index in [-0.39, 0.29) is 11.9 Å².